The van der Waals surface area contributed by atoms with Crippen LogP contribution in [0, 0.1) is 6.33 Å². The number of hydrogen-bond acceptors (Lipinski definition) is 4. The molecule has 0 fully saturated rings. The summed E-state index contributed by atoms with van der Waals surface area (Å²) in [6.45, 7) is 2.11. The fourth-order valence-corrected chi connectivity index (χ4v) is 1.73. The van der Waals surface area contributed by atoms with Gasteiger partial charge in [-0.2, -0.15) is 0 Å². The van der Waals surface area contributed by atoms with E-state index in [2.05, 4.69) is 33.2 Å². The predicted octanol–water partition coefficient (Wildman–Crippen LogP) is 1.80. The van der Waals surface area contributed by atoms with Crippen molar-refractivity contribution in [2.24, 2.45) is 0 Å². The van der Waals surface area contributed by atoms with Crippen LogP contribution in [-0.2, 0) is 19.3 Å². The summed E-state index contributed by atoms with van der Waals surface area (Å²) in [5.41, 5.74) is 2.30. The van der Waals surface area contributed by atoms with Gasteiger partial charge in [0.05, 0.1) is 0 Å². The molecule has 17 heavy (non-hydrogen) atoms. The molecule has 0 aliphatic rings. The van der Waals surface area contributed by atoms with Crippen LogP contribution < -0.4 is 0 Å². The Hall–Kier alpha value is -1.84. The Bertz CT molecular complexity index is 456. The summed E-state index contributed by atoms with van der Waals surface area (Å²) in [4.78, 5) is 16.5. The molecule has 0 saturated heterocycles. The minimum absolute atomic E-state index is 0.883. The molecule has 1 radical (unpaired) electrons. The van der Waals surface area contributed by atoms with Crippen LogP contribution in [0.1, 0.15) is 30.4 Å². The molecule has 4 nitrogen and oxygen atoms in total. The third-order valence-corrected chi connectivity index (χ3v) is 2.65. The van der Waals surface area contributed by atoms with Gasteiger partial charge in [-0.05, 0) is 30.9 Å². The summed E-state index contributed by atoms with van der Waals surface area (Å²) < 4.78 is 0. The van der Waals surface area contributed by atoms with Crippen molar-refractivity contribution in [3.8, 4) is 0 Å². The largest absolute Gasteiger partial charge is 0.241 e. The second-order valence-electron chi connectivity index (χ2n) is 3.81. The molecular formula is C13H15N4. The van der Waals surface area contributed by atoms with Crippen molar-refractivity contribution in [3.63, 3.8) is 0 Å². The normalized spacial score (nSPS) is 10.4. The minimum Gasteiger partial charge on any atom is -0.241 e. The predicted molar refractivity (Wildman–Crippen MR) is 64.3 cm³/mol. The van der Waals surface area contributed by atoms with E-state index in [1.165, 1.54) is 5.56 Å². The summed E-state index contributed by atoms with van der Waals surface area (Å²) in [6.07, 6.45) is 11.8. The van der Waals surface area contributed by atoms with Gasteiger partial charge >= 0.3 is 0 Å². The van der Waals surface area contributed by atoms with Crippen molar-refractivity contribution in [2.45, 2.75) is 32.6 Å². The molecule has 87 valence electrons. The Labute approximate surface area is 101 Å². The van der Waals surface area contributed by atoms with Crippen molar-refractivity contribution < 1.29 is 0 Å². The second kappa shape index (κ2) is 6.03. The molecule has 0 amide bonds. The average Bonchev–Trinajstić information content (AvgIpc) is 2.40. The Kier molecular flexibility index (Phi) is 4.13. The highest BCUT2D eigenvalue weighted by atomic mass is 14.8. The zero-order valence-electron chi connectivity index (χ0n) is 9.93. The Morgan fingerprint density at radius 2 is 2.00 bits per heavy atom. The van der Waals surface area contributed by atoms with Gasteiger partial charge in [0.15, 0.2) is 6.33 Å². The van der Waals surface area contributed by atoms with Crippen LogP contribution in [0.3, 0.4) is 0 Å². The van der Waals surface area contributed by atoms with E-state index in [-0.39, 0.29) is 0 Å². The maximum absolute atomic E-state index is 4.20. The van der Waals surface area contributed by atoms with E-state index < -0.39 is 0 Å². The van der Waals surface area contributed by atoms with E-state index in [1.54, 1.807) is 12.4 Å². The van der Waals surface area contributed by atoms with E-state index in [0.717, 1.165) is 37.2 Å². The Balaban J connectivity index is 1.90. The SMILES string of the molecule is CCc1cn[c]nc1CCCc1ncccn1. The van der Waals surface area contributed by atoms with Gasteiger partial charge in [0.1, 0.15) is 5.82 Å². The van der Waals surface area contributed by atoms with E-state index in [0.29, 0.717) is 0 Å². The van der Waals surface area contributed by atoms with Crippen LogP contribution in [0.25, 0.3) is 0 Å². The molecule has 0 saturated carbocycles. The quantitative estimate of drug-likeness (QED) is 0.781. The van der Waals surface area contributed by atoms with Crippen LogP contribution in [0.15, 0.2) is 24.7 Å². The number of hydrogen-bond donors (Lipinski definition) is 0. The third kappa shape index (κ3) is 3.31. The number of rotatable bonds is 5. The molecule has 2 aromatic heterocycles. The van der Waals surface area contributed by atoms with Gasteiger partial charge in [-0.3, -0.25) is 0 Å². The van der Waals surface area contributed by atoms with Gasteiger partial charge in [-0.25, -0.2) is 19.9 Å². The first kappa shape index (κ1) is 11.6. The molecule has 2 heterocycles. The monoisotopic (exact) mass is 227 g/mol. The lowest BCUT2D eigenvalue weighted by Crippen LogP contribution is -2.01. The summed E-state index contributed by atoms with van der Waals surface area (Å²) >= 11 is 0. The first-order valence-corrected chi connectivity index (χ1v) is 5.87. The maximum atomic E-state index is 4.20. The molecule has 0 bridgehead atoms. The highest BCUT2D eigenvalue weighted by Crippen LogP contribution is 2.08. The van der Waals surface area contributed by atoms with E-state index in [9.17, 15) is 0 Å². The lowest BCUT2D eigenvalue weighted by Gasteiger charge is -2.04. The van der Waals surface area contributed by atoms with E-state index >= 15 is 0 Å². The summed E-state index contributed by atoms with van der Waals surface area (Å²) in [5.74, 6) is 0.892. The smallest absolute Gasteiger partial charge is 0.197 e. The van der Waals surface area contributed by atoms with Crippen LogP contribution in [-0.4, -0.2) is 19.9 Å². The third-order valence-electron chi connectivity index (χ3n) is 2.65. The van der Waals surface area contributed by atoms with Crippen molar-refractivity contribution in [3.05, 3.63) is 48.1 Å². The first-order chi connectivity index (χ1) is 8.40. The van der Waals surface area contributed by atoms with Crippen molar-refractivity contribution in [2.75, 3.05) is 0 Å². The van der Waals surface area contributed by atoms with Crippen LogP contribution >= 0.6 is 0 Å². The number of aromatic nitrogens is 4. The zero-order chi connectivity index (χ0) is 11.9. The van der Waals surface area contributed by atoms with Crippen LogP contribution in [0.4, 0.5) is 0 Å². The highest BCUT2D eigenvalue weighted by molar-refractivity contribution is 5.15. The molecule has 0 aromatic carbocycles. The summed E-state index contributed by atoms with van der Waals surface area (Å²) in [5, 5.41) is 0. The maximum Gasteiger partial charge on any atom is 0.197 e. The van der Waals surface area contributed by atoms with Gasteiger partial charge in [-0.1, -0.05) is 6.92 Å². The molecule has 0 spiro atoms. The average molecular weight is 227 g/mol. The van der Waals surface area contributed by atoms with Gasteiger partial charge in [0.2, 0.25) is 0 Å². The van der Waals surface area contributed by atoms with Crippen molar-refractivity contribution >= 4 is 0 Å². The van der Waals surface area contributed by atoms with Crippen molar-refractivity contribution in [1.29, 1.82) is 0 Å². The number of nitrogens with zero attached hydrogens (tertiary/aromatic N) is 4. The number of aryl methyl sites for hydroxylation is 3. The fourth-order valence-electron chi connectivity index (χ4n) is 1.73. The van der Waals surface area contributed by atoms with Gasteiger partial charge in [0, 0.05) is 30.7 Å². The Morgan fingerprint density at radius 1 is 1.18 bits per heavy atom. The lowest BCUT2D eigenvalue weighted by molar-refractivity contribution is 0.744. The van der Waals surface area contributed by atoms with Crippen LogP contribution in [0.2, 0.25) is 0 Å². The standard InChI is InChI=1S/C13H15N4/c1-2-11-9-14-10-17-12(11)5-3-6-13-15-7-4-8-16-13/h4,7-9H,2-3,5-6H2,1H3. The molecular weight excluding hydrogens is 212 g/mol. The topological polar surface area (TPSA) is 51.6 Å². The van der Waals surface area contributed by atoms with Gasteiger partial charge in [0.25, 0.3) is 0 Å². The summed E-state index contributed by atoms with van der Waals surface area (Å²) in [7, 11) is 0. The van der Waals surface area contributed by atoms with Crippen molar-refractivity contribution in [1.82, 2.24) is 19.9 Å². The second-order valence-corrected chi connectivity index (χ2v) is 3.81. The molecule has 4 heteroatoms. The molecule has 0 atom stereocenters. The summed E-state index contributed by atoms with van der Waals surface area (Å²) in [6, 6.07) is 1.83. The van der Waals surface area contributed by atoms with Gasteiger partial charge < -0.3 is 0 Å². The fraction of sp³-hybridized carbons (Fsp3) is 0.385. The molecule has 0 N–H and O–H groups in total. The Morgan fingerprint density at radius 3 is 2.76 bits per heavy atom. The van der Waals surface area contributed by atoms with Gasteiger partial charge in [-0.15, -0.1) is 0 Å². The van der Waals surface area contributed by atoms with E-state index in [4.69, 9.17) is 0 Å². The highest BCUT2D eigenvalue weighted by Gasteiger charge is 2.03. The molecule has 2 rings (SSSR count). The lowest BCUT2D eigenvalue weighted by atomic mass is 10.1. The zero-order valence-corrected chi connectivity index (χ0v) is 9.93. The molecule has 2 aromatic rings. The molecule has 0 aliphatic heterocycles. The van der Waals surface area contributed by atoms with E-state index in [1.807, 2.05) is 12.3 Å². The molecule has 0 aliphatic carbocycles. The first-order valence-electron chi connectivity index (χ1n) is 5.87. The van der Waals surface area contributed by atoms with Crippen LogP contribution in [0.5, 0.6) is 0 Å². The molecule has 0 unspecified atom stereocenters. The minimum atomic E-state index is 0.883.